The Kier molecular flexibility index (Phi) is 16.2. The highest BCUT2D eigenvalue weighted by Gasteiger charge is 2.40. The molecular formula is C61H67ClN10O9S. The number of benzene rings is 4. The highest BCUT2D eigenvalue weighted by atomic mass is 35.5. The van der Waals surface area contributed by atoms with Gasteiger partial charge >= 0.3 is 0 Å². The number of likely N-dealkylation sites (tertiary alicyclic amines) is 1. The van der Waals surface area contributed by atoms with E-state index in [4.69, 9.17) is 16.3 Å². The molecule has 21 heteroatoms. The normalized spacial score (nSPS) is 19.1. The lowest BCUT2D eigenvalue weighted by atomic mass is 9.72. The molecule has 0 spiro atoms. The van der Waals surface area contributed by atoms with Crippen molar-refractivity contribution in [3.63, 3.8) is 0 Å². The van der Waals surface area contributed by atoms with Crippen LogP contribution in [-0.4, -0.2) is 127 Å². The van der Waals surface area contributed by atoms with E-state index in [2.05, 4.69) is 66.0 Å². The number of hydrogen-bond acceptors (Lipinski definition) is 14. The fraction of sp³-hybridized carbons (Fsp3) is 0.393. The number of halogens is 1. The first kappa shape index (κ1) is 56.2. The third kappa shape index (κ3) is 12.5. The average Bonchev–Trinajstić information content (AvgIpc) is 4.16. The largest absolute Gasteiger partial charge is 0.455 e. The number of ether oxygens (including phenoxy) is 1. The van der Waals surface area contributed by atoms with Crippen LogP contribution in [0.1, 0.15) is 103 Å². The fourth-order valence-corrected chi connectivity index (χ4v) is 13.4. The highest BCUT2D eigenvalue weighted by Crippen LogP contribution is 2.44. The number of nitro groups is 1. The van der Waals surface area contributed by atoms with Crippen LogP contribution in [0.5, 0.6) is 11.5 Å². The van der Waals surface area contributed by atoms with Crippen LogP contribution in [0.25, 0.3) is 16.6 Å². The third-order valence-electron chi connectivity index (χ3n) is 16.9. The van der Waals surface area contributed by atoms with Crippen LogP contribution in [-0.2, 0) is 32.6 Å². The quantitative estimate of drug-likeness (QED) is 0.0357. The number of anilines is 2. The Bertz CT molecular complexity index is 3610. The summed E-state index contributed by atoms with van der Waals surface area (Å²) in [4.78, 5) is 79.3. The summed E-state index contributed by atoms with van der Waals surface area (Å²) in [5.41, 5.74) is 8.01. The lowest BCUT2D eigenvalue weighted by molar-refractivity contribution is -0.384. The van der Waals surface area contributed by atoms with Gasteiger partial charge in [-0.3, -0.25) is 39.5 Å². The molecule has 0 saturated carbocycles. The standard InChI is InChI=1S/C61H67ClN10O9S/c1-61(2)22-18-43(50(34-61)41-8-10-44(62)11-9-41)37-69-27-29-70(30-28-69)45-12-14-49(55(32-45)81-46-31-42-19-23-63-57(42)65-36-46)58(74)67-82(79,80)47-13-15-52(54(33-47)72(77)78)64-35-39-20-25-68(26-21-39)24-4-6-40-5-3-7-48-51(40)38-71(60(48)76)53-16-17-56(73)66-59(53)75/h3,5,7-15,19,23,31-33,36,39,53,64H,4,6,16-18,20-22,24-30,34-35,37-38H2,1-2H3,(H,63,65)(H,67,74)(H,66,73,75). The van der Waals surface area contributed by atoms with Gasteiger partial charge in [-0.2, -0.15) is 0 Å². The summed E-state index contributed by atoms with van der Waals surface area (Å²) in [6, 6.07) is 25.4. The Morgan fingerprint density at radius 2 is 1.71 bits per heavy atom. The van der Waals surface area contributed by atoms with Crippen LogP contribution in [0.3, 0.4) is 0 Å². The summed E-state index contributed by atoms with van der Waals surface area (Å²) in [5, 5.41) is 19.5. The number of aryl methyl sites for hydroxylation is 1. The van der Waals surface area contributed by atoms with Crippen molar-refractivity contribution in [1.82, 2.24) is 34.7 Å². The Morgan fingerprint density at radius 3 is 2.48 bits per heavy atom. The lowest BCUT2D eigenvalue weighted by Gasteiger charge is -2.39. The second-order valence-electron chi connectivity index (χ2n) is 23.0. The van der Waals surface area contributed by atoms with Crippen LogP contribution in [0.15, 0.2) is 114 Å². The number of aromatic amines is 1. The monoisotopic (exact) mass is 1150 g/mol. The Labute approximate surface area is 481 Å². The van der Waals surface area contributed by atoms with Crippen molar-refractivity contribution in [3.05, 3.63) is 152 Å². The van der Waals surface area contributed by atoms with Crippen LogP contribution in [0, 0.1) is 21.4 Å². The maximum atomic E-state index is 14.2. The second-order valence-corrected chi connectivity index (χ2v) is 25.2. The maximum Gasteiger partial charge on any atom is 0.293 e. The zero-order valence-electron chi connectivity index (χ0n) is 46.0. The number of aromatic nitrogens is 2. The summed E-state index contributed by atoms with van der Waals surface area (Å²) in [6.07, 6.45) is 10.3. The molecule has 6 heterocycles. The van der Waals surface area contributed by atoms with Crippen molar-refractivity contribution in [3.8, 4) is 11.5 Å². The van der Waals surface area contributed by atoms with Gasteiger partial charge in [0.1, 0.15) is 28.9 Å². The van der Waals surface area contributed by atoms with E-state index in [0.717, 1.165) is 118 Å². The topological polar surface area (TPSA) is 233 Å². The number of nitro benzene ring substituents is 1. The average molecular weight is 1150 g/mol. The fourth-order valence-electron chi connectivity index (χ4n) is 12.2. The van der Waals surface area contributed by atoms with E-state index >= 15 is 0 Å². The van der Waals surface area contributed by atoms with E-state index in [0.29, 0.717) is 49.6 Å². The molecule has 5 aliphatic rings. The zero-order chi connectivity index (χ0) is 57.3. The molecule has 428 valence electrons. The number of H-pyrrole nitrogens is 1. The molecule has 0 radical (unpaired) electrons. The number of imide groups is 1. The number of carbonyl (C=O) groups is 4. The van der Waals surface area contributed by atoms with E-state index in [1.807, 2.05) is 30.3 Å². The van der Waals surface area contributed by atoms with Crippen molar-refractivity contribution in [2.24, 2.45) is 11.3 Å². The number of carbonyl (C=O) groups excluding carboxylic acids is 4. The Hall–Kier alpha value is -7.65. The molecule has 2 aromatic heterocycles. The summed E-state index contributed by atoms with van der Waals surface area (Å²) in [7, 11) is -4.63. The smallest absolute Gasteiger partial charge is 0.293 e. The second kappa shape index (κ2) is 23.7. The molecule has 1 atom stereocenters. The van der Waals surface area contributed by atoms with Gasteiger partial charge in [-0.15, -0.1) is 0 Å². The molecule has 4 amide bonds. The van der Waals surface area contributed by atoms with Crippen molar-refractivity contribution in [1.29, 1.82) is 0 Å². The van der Waals surface area contributed by atoms with Gasteiger partial charge in [0, 0.05) is 92.2 Å². The molecule has 4 aliphatic heterocycles. The maximum absolute atomic E-state index is 14.2. The molecule has 4 aromatic carbocycles. The first-order chi connectivity index (χ1) is 39.4. The van der Waals surface area contributed by atoms with Gasteiger partial charge in [0.25, 0.3) is 27.5 Å². The summed E-state index contributed by atoms with van der Waals surface area (Å²) >= 11 is 6.27. The first-order valence-electron chi connectivity index (χ1n) is 28.2. The number of hydrogen-bond donors (Lipinski definition) is 4. The van der Waals surface area contributed by atoms with Crippen molar-refractivity contribution in [2.45, 2.75) is 89.1 Å². The number of sulfonamides is 1. The first-order valence-corrected chi connectivity index (χ1v) is 30.1. The number of piperazine rings is 1. The lowest BCUT2D eigenvalue weighted by Crippen LogP contribution is -2.52. The van der Waals surface area contributed by atoms with Crippen LogP contribution < -0.4 is 25.0 Å². The van der Waals surface area contributed by atoms with Gasteiger partial charge < -0.3 is 29.7 Å². The Balaban J connectivity index is 0.706. The van der Waals surface area contributed by atoms with E-state index in [9.17, 15) is 37.7 Å². The van der Waals surface area contributed by atoms with Crippen LogP contribution in [0.4, 0.5) is 17.1 Å². The van der Waals surface area contributed by atoms with Crippen molar-refractivity contribution < 1.29 is 37.3 Å². The molecule has 3 saturated heterocycles. The highest BCUT2D eigenvalue weighted by molar-refractivity contribution is 7.90. The number of amides is 4. The van der Waals surface area contributed by atoms with Gasteiger partial charge in [-0.05, 0) is 159 Å². The number of nitrogens with one attached hydrogen (secondary N) is 4. The summed E-state index contributed by atoms with van der Waals surface area (Å²) in [5.74, 6) is -1.25. The number of piperidine rings is 2. The summed E-state index contributed by atoms with van der Waals surface area (Å²) < 4.78 is 36.5. The van der Waals surface area contributed by atoms with Gasteiger partial charge in [0.05, 0.1) is 21.6 Å². The van der Waals surface area contributed by atoms with Crippen molar-refractivity contribution in [2.75, 3.05) is 69.1 Å². The molecule has 6 aromatic rings. The van der Waals surface area contributed by atoms with Gasteiger partial charge in [0.2, 0.25) is 11.8 Å². The number of pyridine rings is 1. The number of fused-ring (bicyclic) bond motifs is 2. The van der Waals surface area contributed by atoms with Gasteiger partial charge in [0.15, 0.2) is 0 Å². The minimum atomic E-state index is -4.63. The van der Waals surface area contributed by atoms with E-state index in [1.54, 1.807) is 35.4 Å². The minimum absolute atomic E-state index is 0.0574. The van der Waals surface area contributed by atoms with Gasteiger partial charge in [-0.1, -0.05) is 55.3 Å². The summed E-state index contributed by atoms with van der Waals surface area (Å²) in [6.45, 7) is 11.8. The molecule has 3 fully saturated rings. The molecule has 1 aliphatic carbocycles. The molecule has 4 N–H and O–H groups in total. The predicted octanol–water partition coefficient (Wildman–Crippen LogP) is 9.34. The molecule has 19 nitrogen and oxygen atoms in total. The molecule has 82 heavy (non-hydrogen) atoms. The number of rotatable bonds is 18. The number of allylic oxidation sites excluding steroid dienone is 1. The third-order valence-corrected chi connectivity index (χ3v) is 18.5. The van der Waals surface area contributed by atoms with Crippen LogP contribution in [0.2, 0.25) is 5.02 Å². The van der Waals surface area contributed by atoms with Crippen LogP contribution >= 0.6 is 11.6 Å². The van der Waals surface area contributed by atoms with E-state index < -0.39 is 43.4 Å². The molecular weight excluding hydrogens is 1080 g/mol. The SMILES string of the molecule is CC1(C)CCC(CN2CCN(c3ccc(C(=O)NS(=O)(=O)c4ccc(NCC5CCN(CCCc6cccc7c6CN(C6CCC(=O)NC6=O)C7=O)CC5)c([N+](=O)[O-])c4)c(Oc4cnc5[nH]ccc5c4)c3)CC2)=C(c2ccc(Cl)cc2)C1. The predicted molar refractivity (Wildman–Crippen MR) is 313 cm³/mol. The van der Waals surface area contributed by atoms with Crippen molar-refractivity contribution >= 4 is 78.9 Å². The Morgan fingerprint density at radius 1 is 0.915 bits per heavy atom. The molecule has 0 bridgehead atoms. The molecule has 11 rings (SSSR count). The van der Waals surface area contributed by atoms with E-state index in [1.165, 1.54) is 41.1 Å². The zero-order valence-corrected chi connectivity index (χ0v) is 47.6. The minimum Gasteiger partial charge on any atom is -0.455 e. The molecule has 1 unspecified atom stereocenters. The van der Waals surface area contributed by atoms with E-state index in [-0.39, 0.29) is 46.6 Å². The number of nitrogens with zero attached hydrogens (tertiary/aromatic N) is 6. The van der Waals surface area contributed by atoms with Gasteiger partial charge in [-0.25, -0.2) is 18.1 Å².